The lowest BCUT2D eigenvalue weighted by molar-refractivity contribution is -0.106. The highest BCUT2D eigenvalue weighted by molar-refractivity contribution is 5.16. The van der Waals surface area contributed by atoms with E-state index in [1.165, 1.54) is 5.56 Å². The van der Waals surface area contributed by atoms with Crippen molar-refractivity contribution in [1.29, 1.82) is 0 Å². The summed E-state index contributed by atoms with van der Waals surface area (Å²) in [7, 11) is 0. The van der Waals surface area contributed by atoms with Gasteiger partial charge in [0, 0.05) is 11.5 Å². The Bertz CT molecular complexity index is 931. The Balaban J connectivity index is 1.44. The molecule has 0 aromatic heterocycles. The molecule has 4 atom stereocenters. The van der Waals surface area contributed by atoms with E-state index in [0.717, 1.165) is 17.5 Å². The lowest BCUT2D eigenvalue weighted by Gasteiger charge is -2.31. The topological polar surface area (TPSA) is 53.7 Å². The molecule has 0 aliphatic heterocycles. The summed E-state index contributed by atoms with van der Waals surface area (Å²) in [6.45, 7) is 4.29. The van der Waals surface area contributed by atoms with Gasteiger partial charge in [0.2, 0.25) is 0 Å². The van der Waals surface area contributed by atoms with Crippen molar-refractivity contribution in [3.8, 4) is 0 Å². The van der Waals surface area contributed by atoms with Gasteiger partial charge in [0.05, 0.1) is 32.5 Å². The zero-order valence-electron chi connectivity index (χ0n) is 18.7. The average molecular weight is 432 g/mol. The van der Waals surface area contributed by atoms with E-state index < -0.39 is 5.54 Å². The molecule has 32 heavy (non-hydrogen) atoms. The molecule has 3 aromatic carbocycles. The molecule has 1 fully saturated rings. The van der Waals surface area contributed by atoms with E-state index in [2.05, 4.69) is 43.3 Å². The third-order valence-electron chi connectivity index (χ3n) is 6.12. The van der Waals surface area contributed by atoms with E-state index >= 15 is 0 Å². The first-order valence-corrected chi connectivity index (χ1v) is 11.3. The number of ether oxygens (including phenoxy) is 3. The second kappa shape index (κ2) is 10.9. The van der Waals surface area contributed by atoms with Gasteiger partial charge in [-0.05, 0) is 30.0 Å². The molecule has 4 rings (SSSR count). The zero-order chi connectivity index (χ0) is 22.2. The fourth-order valence-electron chi connectivity index (χ4n) is 4.51. The van der Waals surface area contributed by atoms with E-state index in [9.17, 15) is 0 Å². The van der Waals surface area contributed by atoms with Crippen LogP contribution in [0.2, 0.25) is 0 Å². The molecular formula is C28H33NO3. The number of hydrogen-bond donors (Lipinski definition) is 1. The summed E-state index contributed by atoms with van der Waals surface area (Å²) in [6.07, 6.45) is 0.446. The Hall–Kier alpha value is -2.50. The van der Waals surface area contributed by atoms with E-state index in [0.29, 0.717) is 26.4 Å². The highest BCUT2D eigenvalue weighted by atomic mass is 16.5. The molecule has 4 nitrogen and oxygen atoms in total. The van der Waals surface area contributed by atoms with Crippen molar-refractivity contribution in [2.24, 2.45) is 11.7 Å². The van der Waals surface area contributed by atoms with Crippen LogP contribution in [-0.4, -0.2) is 24.4 Å². The van der Waals surface area contributed by atoms with Crippen molar-refractivity contribution >= 4 is 0 Å². The maximum atomic E-state index is 6.76. The third kappa shape index (κ3) is 6.05. The monoisotopic (exact) mass is 431 g/mol. The van der Waals surface area contributed by atoms with Crippen molar-refractivity contribution in [2.75, 3.05) is 6.61 Å². The Morgan fingerprint density at radius 2 is 1.19 bits per heavy atom. The van der Waals surface area contributed by atoms with Crippen LogP contribution in [0, 0.1) is 5.92 Å². The minimum atomic E-state index is -0.489. The summed E-state index contributed by atoms with van der Waals surface area (Å²) in [5.41, 5.74) is 9.71. The smallest absolute Gasteiger partial charge is 0.102 e. The average Bonchev–Trinajstić information content (AvgIpc) is 3.07. The molecule has 3 unspecified atom stereocenters. The van der Waals surface area contributed by atoms with Gasteiger partial charge in [-0.3, -0.25) is 0 Å². The normalized spacial score (nSPS) is 25.1. The van der Waals surface area contributed by atoms with Crippen molar-refractivity contribution < 1.29 is 14.2 Å². The first-order valence-electron chi connectivity index (χ1n) is 11.3. The van der Waals surface area contributed by atoms with E-state index in [1.807, 2.05) is 54.6 Å². The van der Waals surface area contributed by atoms with Crippen LogP contribution in [0.3, 0.4) is 0 Å². The van der Waals surface area contributed by atoms with Crippen LogP contribution in [0.25, 0.3) is 0 Å². The van der Waals surface area contributed by atoms with Gasteiger partial charge < -0.3 is 19.9 Å². The zero-order valence-corrected chi connectivity index (χ0v) is 18.7. The van der Waals surface area contributed by atoms with Gasteiger partial charge in [-0.2, -0.15) is 0 Å². The standard InChI is InChI=1S/C28H33NO3/c1-28(29)17-25(21-30-18-22-11-5-2-6-12-22)26(31-19-23-13-7-3-8-14-23)27(28)32-20-24-15-9-4-10-16-24/h2-16,25-27H,17-21,29H2,1H3/t25?,26?,27-,28?/m0/s1. The molecule has 0 saturated heterocycles. The predicted octanol–water partition coefficient (Wildman–Crippen LogP) is 5.11. The molecular weight excluding hydrogens is 398 g/mol. The Labute approximate surface area is 191 Å². The lowest BCUT2D eigenvalue weighted by atomic mass is 9.98. The molecule has 3 aromatic rings. The minimum Gasteiger partial charge on any atom is -0.376 e. The van der Waals surface area contributed by atoms with Gasteiger partial charge in [0.15, 0.2) is 0 Å². The van der Waals surface area contributed by atoms with Gasteiger partial charge in [0.25, 0.3) is 0 Å². The van der Waals surface area contributed by atoms with Crippen molar-refractivity contribution in [1.82, 2.24) is 0 Å². The van der Waals surface area contributed by atoms with E-state index in [4.69, 9.17) is 19.9 Å². The third-order valence-corrected chi connectivity index (χ3v) is 6.12. The molecule has 4 heteroatoms. The SMILES string of the molecule is CC1(N)CC(COCc2ccccc2)C(OCc2ccccc2)[C@@H]1OCc1ccccc1. The van der Waals surface area contributed by atoms with Gasteiger partial charge in [0.1, 0.15) is 6.10 Å². The van der Waals surface area contributed by atoms with Gasteiger partial charge in [-0.1, -0.05) is 91.0 Å². The molecule has 0 radical (unpaired) electrons. The predicted molar refractivity (Wildman–Crippen MR) is 127 cm³/mol. The van der Waals surface area contributed by atoms with Crippen molar-refractivity contribution in [3.63, 3.8) is 0 Å². The first-order chi connectivity index (χ1) is 15.6. The van der Waals surface area contributed by atoms with Crippen molar-refractivity contribution in [3.05, 3.63) is 108 Å². The number of nitrogens with two attached hydrogens (primary N) is 1. The molecule has 1 aliphatic carbocycles. The largest absolute Gasteiger partial charge is 0.376 e. The van der Waals surface area contributed by atoms with E-state index in [-0.39, 0.29) is 18.1 Å². The van der Waals surface area contributed by atoms with Gasteiger partial charge >= 0.3 is 0 Å². The van der Waals surface area contributed by atoms with Crippen molar-refractivity contribution in [2.45, 2.75) is 50.9 Å². The molecule has 0 spiro atoms. The van der Waals surface area contributed by atoms with Crippen LogP contribution >= 0.6 is 0 Å². The molecule has 0 heterocycles. The van der Waals surface area contributed by atoms with Crippen LogP contribution in [0.15, 0.2) is 91.0 Å². The Morgan fingerprint density at radius 3 is 1.72 bits per heavy atom. The Kier molecular flexibility index (Phi) is 7.72. The Morgan fingerprint density at radius 1 is 0.719 bits per heavy atom. The first kappa shape index (κ1) is 22.7. The van der Waals surface area contributed by atoms with Crippen LogP contribution in [0.1, 0.15) is 30.0 Å². The molecule has 168 valence electrons. The summed E-state index contributed by atoms with van der Waals surface area (Å²) >= 11 is 0. The quantitative estimate of drug-likeness (QED) is 0.485. The number of rotatable bonds is 10. The summed E-state index contributed by atoms with van der Waals surface area (Å²) < 4.78 is 18.9. The van der Waals surface area contributed by atoms with Crippen LogP contribution < -0.4 is 5.73 Å². The second-order valence-electron chi connectivity index (χ2n) is 8.95. The fourth-order valence-corrected chi connectivity index (χ4v) is 4.51. The van der Waals surface area contributed by atoms with Gasteiger partial charge in [-0.25, -0.2) is 0 Å². The minimum absolute atomic E-state index is 0.135. The maximum absolute atomic E-state index is 6.76. The highest BCUT2D eigenvalue weighted by Gasteiger charge is 2.50. The number of hydrogen-bond acceptors (Lipinski definition) is 4. The number of benzene rings is 3. The summed E-state index contributed by atoms with van der Waals surface area (Å²) in [6, 6.07) is 30.7. The summed E-state index contributed by atoms with van der Waals surface area (Å²) in [4.78, 5) is 0. The fraction of sp³-hybridized carbons (Fsp3) is 0.357. The maximum Gasteiger partial charge on any atom is 0.102 e. The lowest BCUT2D eigenvalue weighted by Crippen LogP contribution is -2.49. The molecule has 0 bridgehead atoms. The molecule has 2 N–H and O–H groups in total. The van der Waals surface area contributed by atoms with E-state index in [1.54, 1.807) is 0 Å². The summed E-state index contributed by atoms with van der Waals surface area (Å²) in [5.74, 6) is 0.165. The second-order valence-corrected chi connectivity index (χ2v) is 8.95. The van der Waals surface area contributed by atoms with Crippen LogP contribution in [0.4, 0.5) is 0 Å². The van der Waals surface area contributed by atoms with Crippen LogP contribution in [-0.2, 0) is 34.0 Å². The molecule has 0 amide bonds. The highest BCUT2D eigenvalue weighted by Crippen LogP contribution is 2.38. The van der Waals surface area contributed by atoms with Crippen LogP contribution in [0.5, 0.6) is 0 Å². The molecule has 1 aliphatic rings. The molecule has 1 saturated carbocycles. The van der Waals surface area contributed by atoms with Gasteiger partial charge in [-0.15, -0.1) is 0 Å². The summed E-state index contributed by atoms with van der Waals surface area (Å²) in [5, 5.41) is 0.